The van der Waals surface area contributed by atoms with E-state index in [9.17, 15) is 9.59 Å². The molecule has 0 saturated heterocycles. The summed E-state index contributed by atoms with van der Waals surface area (Å²) in [5.74, 6) is 0.730. The molecule has 0 bridgehead atoms. The quantitative estimate of drug-likeness (QED) is 0.708. The van der Waals surface area contributed by atoms with Crippen molar-refractivity contribution in [1.82, 2.24) is 9.47 Å². The molecule has 1 aromatic carbocycles. The molecule has 0 saturated carbocycles. The second-order valence-corrected chi connectivity index (χ2v) is 8.85. The van der Waals surface area contributed by atoms with Crippen LogP contribution in [0.4, 0.5) is 0 Å². The highest BCUT2D eigenvalue weighted by molar-refractivity contribution is 5.84. The van der Waals surface area contributed by atoms with Crippen molar-refractivity contribution in [3.05, 3.63) is 40.2 Å². The molecule has 2 rings (SSSR count). The molecular weight excluding hydrogens is 352 g/mol. The molecule has 1 aromatic heterocycles. The maximum absolute atomic E-state index is 13.1. The highest BCUT2D eigenvalue weighted by atomic mass is 16.5. The highest BCUT2D eigenvalue weighted by Gasteiger charge is 2.20. The molecule has 154 valence electrons. The van der Waals surface area contributed by atoms with Crippen molar-refractivity contribution in [1.29, 1.82) is 0 Å². The van der Waals surface area contributed by atoms with Crippen LogP contribution in [0.25, 0.3) is 10.9 Å². The minimum atomic E-state index is -0.101. The number of hydrogen-bond acceptors (Lipinski definition) is 3. The summed E-state index contributed by atoms with van der Waals surface area (Å²) < 4.78 is 6.94. The molecule has 1 heterocycles. The molecule has 0 radical (unpaired) electrons. The first-order valence-electron chi connectivity index (χ1n) is 10.1. The van der Waals surface area contributed by atoms with Crippen LogP contribution < -0.4 is 10.3 Å². The topological polar surface area (TPSA) is 51.5 Å². The first-order valence-corrected chi connectivity index (χ1v) is 10.1. The predicted octanol–water partition coefficient (Wildman–Crippen LogP) is 4.42. The number of benzene rings is 1. The number of carbonyl (C=O) groups is 1. The summed E-state index contributed by atoms with van der Waals surface area (Å²) in [5, 5.41) is 0.939. The third-order valence-electron chi connectivity index (χ3n) is 5.11. The van der Waals surface area contributed by atoms with Gasteiger partial charge in [0.25, 0.3) is 5.56 Å². The fourth-order valence-corrected chi connectivity index (χ4v) is 3.24. The smallest absolute Gasteiger partial charge is 0.254 e. The van der Waals surface area contributed by atoms with E-state index in [2.05, 4.69) is 20.8 Å². The number of fused-ring (bicyclic) bond motifs is 1. The van der Waals surface area contributed by atoms with E-state index < -0.39 is 0 Å². The number of pyridine rings is 1. The zero-order valence-electron chi connectivity index (χ0n) is 18.3. The molecule has 0 aliphatic carbocycles. The number of likely N-dealkylation sites (N-methyl/N-ethyl adjacent to an activating group) is 1. The first-order chi connectivity index (χ1) is 13.1. The van der Waals surface area contributed by atoms with Crippen LogP contribution in [-0.4, -0.2) is 35.6 Å². The van der Waals surface area contributed by atoms with Crippen molar-refractivity contribution in [3.8, 4) is 5.75 Å². The molecular formula is C23H34N2O3. The molecule has 0 N–H and O–H groups in total. The van der Waals surface area contributed by atoms with Crippen molar-refractivity contribution >= 4 is 16.8 Å². The molecule has 28 heavy (non-hydrogen) atoms. The molecule has 0 fully saturated rings. The van der Waals surface area contributed by atoms with E-state index in [0.29, 0.717) is 18.8 Å². The molecule has 1 amide bonds. The Bertz CT molecular complexity index is 891. The number of methoxy groups -OCH3 is 1. The predicted molar refractivity (Wildman–Crippen MR) is 115 cm³/mol. The van der Waals surface area contributed by atoms with Crippen LogP contribution in [0.1, 0.15) is 59.4 Å². The van der Waals surface area contributed by atoms with E-state index >= 15 is 0 Å². The van der Waals surface area contributed by atoms with Crippen LogP contribution >= 0.6 is 0 Å². The number of ether oxygens (including phenoxy) is 1. The highest BCUT2D eigenvalue weighted by Crippen LogP contribution is 2.23. The van der Waals surface area contributed by atoms with E-state index in [-0.39, 0.29) is 29.3 Å². The van der Waals surface area contributed by atoms with Gasteiger partial charge in [0.1, 0.15) is 12.3 Å². The normalized spacial score (nSPS) is 11.9. The average molecular weight is 387 g/mol. The summed E-state index contributed by atoms with van der Waals surface area (Å²) in [7, 11) is 1.60. The van der Waals surface area contributed by atoms with Gasteiger partial charge in [0.05, 0.1) is 12.6 Å². The lowest BCUT2D eigenvalue weighted by atomic mass is 9.92. The molecule has 5 heteroatoms. The van der Waals surface area contributed by atoms with Gasteiger partial charge in [-0.05, 0) is 48.3 Å². The Morgan fingerprint density at radius 1 is 1.21 bits per heavy atom. The van der Waals surface area contributed by atoms with Crippen LogP contribution in [0, 0.1) is 5.41 Å². The maximum Gasteiger partial charge on any atom is 0.254 e. The number of nitrogens with zero attached hydrogens (tertiary/aromatic N) is 2. The third kappa shape index (κ3) is 5.15. The van der Waals surface area contributed by atoms with Gasteiger partial charge >= 0.3 is 0 Å². The molecule has 2 aromatic rings. The standard InChI is InChI=1S/C23H34N2O3/c1-8-24(12-11-23(4,5)6)21(26)15-25-20-14-18(28-7)10-9-17(20)13-19(16(2)3)22(25)27/h9-10,13-14,16H,8,11-12,15H2,1-7H3. The Kier molecular flexibility index (Phi) is 6.91. The van der Waals surface area contributed by atoms with Gasteiger partial charge in [-0.2, -0.15) is 0 Å². The lowest BCUT2D eigenvalue weighted by molar-refractivity contribution is -0.131. The van der Waals surface area contributed by atoms with Gasteiger partial charge in [0.2, 0.25) is 5.91 Å². The first kappa shape index (κ1) is 22.0. The van der Waals surface area contributed by atoms with Crippen LogP contribution in [0.15, 0.2) is 29.1 Å². The molecule has 0 aliphatic rings. The van der Waals surface area contributed by atoms with E-state index in [1.165, 1.54) is 0 Å². The van der Waals surface area contributed by atoms with Crippen LogP contribution in [0.3, 0.4) is 0 Å². The number of hydrogen-bond donors (Lipinski definition) is 0. The minimum absolute atomic E-state index is 0.0288. The van der Waals surface area contributed by atoms with Crippen LogP contribution in [0.2, 0.25) is 0 Å². The van der Waals surface area contributed by atoms with Crippen molar-refractivity contribution in [2.24, 2.45) is 5.41 Å². The molecule has 0 atom stereocenters. The zero-order valence-corrected chi connectivity index (χ0v) is 18.3. The van der Waals surface area contributed by atoms with Crippen molar-refractivity contribution in [2.75, 3.05) is 20.2 Å². The van der Waals surface area contributed by atoms with E-state index in [4.69, 9.17) is 4.74 Å². The molecule has 0 aliphatic heterocycles. The number of aromatic nitrogens is 1. The van der Waals surface area contributed by atoms with Gasteiger partial charge < -0.3 is 9.64 Å². The Labute approximate surface area is 168 Å². The lowest BCUT2D eigenvalue weighted by Gasteiger charge is -2.26. The Balaban J connectivity index is 2.47. The zero-order chi connectivity index (χ0) is 21.1. The van der Waals surface area contributed by atoms with E-state index in [1.54, 1.807) is 11.7 Å². The second-order valence-electron chi connectivity index (χ2n) is 8.85. The third-order valence-corrected chi connectivity index (χ3v) is 5.11. The van der Waals surface area contributed by atoms with Gasteiger partial charge in [0.15, 0.2) is 0 Å². The minimum Gasteiger partial charge on any atom is -0.497 e. The summed E-state index contributed by atoms with van der Waals surface area (Å²) in [4.78, 5) is 28.0. The summed E-state index contributed by atoms with van der Waals surface area (Å²) >= 11 is 0. The van der Waals surface area contributed by atoms with Gasteiger partial charge in [-0.15, -0.1) is 0 Å². The molecule has 5 nitrogen and oxygen atoms in total. The summed E-state index contributed by atoms with van der Waals surface area (Å²) in [6.45, 7) is 13.9. The Morgan fingerprint density at radius 3 is 2.43 bits per heavy atom. The lowest BCUT2D eigenvalue weighted by Crippen LogP contribution is -2.38. The molecule has 0 unspecified atom stereocenters. The summed E-state index contributed by atoms with van der Waals surface area (Å²) in [6.07, 6.45) is 0.919. The van der Waals surface area contributed by atoms with Gasteiger partial charge in [-0.25, -0.2) is 0 Å². The van der Waals surface area contributed by atoms with Gasteiger partial charge in [0, 0.05) is 24.7 Å². The number of carbonyl (C=O) groups excluding carboxylic acids is 1. The monoisotopic (exact) mass is 386 g/mol. The van der Waals surface area contributed by atoms with Gasteiger partial charge in [-0.1, -0.05) is 34.6 Å². The SMILES string of the molecule is CCN(CCC(C)(C)C)C(=O)Cn1c(=O)c(C(C)C)cc2ccc(OC)cc21. The maximum atomic E-state index is 13.1. The van der Waals surface area contributed by atoms with Crippen LogP contribution in [-0.2, 0) is 11.3 Å². The van der Waals surface area contributed by atoms with Gasteiger partial charge in [-0.3, -0.25) is 14.2 Å². The molecule has 0 spiro atoms. The van der Waals surface area contributed by atoms with Crippen molar-refractivity contribution in [2.45, 2.75) is 60.4 Å². The fraction of sp³-hybridized carbons (Fsp3) is 0.565. The van der Waals surface area contributed by atoms with E-state index in [1.807, 2.05) is 49.9 Å². The summed E-state index contributed by atoms with van der Waals surface area (Å²) in [6, 6.07) is 7.59. The van der Waals surface area contributed by atoms with E-state index in [0.717, 1.165) is 22.9 Å². The van der Waals surface area contributed by atoms with Crippen molar-refractivity contribution < 1.29 is 9.53 Å². The largest absolute Gasteiger partial charge is 0.497 e. The number of rotatable bonds is 7. The summed E-state index contributed by atoms with van der Waals surface area (Å²) in [5.41, 5.74) is 1.51. The Hall–Kier alpha value is -2.30. The Morgan fingerprint density at radius 2 is 1.89 bits per heavy atom. The average Bonchev–Trinajstić information content (AvgIpc) is 2.62. The fourth-order valence-electron chi connectivity index (χ4n) is 3.24. The number of amides is 1. The van der Waals surface area contributed by atoms with Crippen LogP contribution in [0.5, 0.6) is 5.75 Å². The van der Waals surface area contributed by atoms with Crippen molar-refractivity contribution in [3.63, 3.8) is 0 Å². The second kappa shape index (κ2) is 8.80.